The first-order chi connectivity index (χ1) is 10.1. The monoisotopic (exact) mass is 413 g/mol. The van der Waals surface area contributed by atoms with Crippen LogP contribution in [0.4, 0.5) is 4.39 Å². The smallest absolute Gasteiger partial charge is 0.124 e. The van der Waals surface area contributed by atoms with E-state index in [0.29, 0.717) is 5.92 Å². The van der Waals surface area contributed by atoms with E-state index >= 15 is 0 Å². The first-order valence-electron chi connectivity index (χ1n) is 7.00. The fourth-order valence-electron chi connectivity index (χ4n) is 2.43. The van der Waals surface area contributed by atoms with Gasteiger partial charge in [0.1, 0.15) is 5.82 Å². The summed E-state index contributed by atoms with van der Waals surface area (Å²) in [5, 5.41) is 3.40. The second-order valence-electron chi connectivity index (χ2n) is 5.01. The van der Waals surface area contributed by atoms with Crippen LogP contribution in [-0.4, -0.2) is 13.1 Å². The van der Waals surface area contributed by atoms with Crippen molar-refractivity contribution in [2.75, 3.05) is 13.1 Å². The number of benzene rings is 2. The lowest BCUT2D eigenvalue weighted by Gasteiger charge is -2.19. The molecule has 0 spiro atoms. The van der Waals surface area contributed by atoms with Gasteiger partial charge >= 0.3 is 0 Å². The SMILES string of the molecule is CCNCC(Cc1cc(F)cc(Br)c1)c1ccccc1Br. The maximum atomic E-state index is 13.6. The minimum absolute atomic E-state index is 0.200. The molecule has 0 bridgehead atoms. The first kappa shape index (κ1) is 16.7. The molecule has 0 aromatic heterocycles. The second-order valence-corrected chi connectivity index (χ2v) is 6.78. The lowest BCUT2D eigenvalue weighted by Crippen LogP contribution is -2.23. The Morgan fingerprint density at radius 1 is 1.14 bits per heavy atom. The van der Waals surface area contributed by atoms with Crippen molar-refractivity contribution in [2.24, 2.45) is 0 Å². The summed E-state index contributed by atoms with van der Waals surface area (Å²) in [4.78, 5) is 0. The Kier molecular flexibility index (Phi) is 6.40. The molecule has 0 radical (unpaired) electrons. The molecule has 1 nitrogen and oxygen atoms in total. The van der Waals surface area contributed by atoms with Crippen LogP contribution < -0.4 is 5.32 Å². The van der Waals surface area contributed by atoms with Gasteiger partial charge < -0.3 is 5.32 Å². The van der Waals surface area contributed by atoms with Gasteiger partial charge in [0.15, 0.2) is 0 Å². The summed E-state index contributed by atoms with van der Waals surface area (Å²) in [5.41, 5.74) is 2.25. The summed E-state index contributed by atoms with van der Waals surface area (Å²) in [6, 6.07) is 13.3. The highest BCUT2D eigenvalue weighted by molar-refractivity contribution is 9.10. The van der Waals surface area contributed by atoms with Gasteiger partial charge in [0.25, 0.3) is 0 Å². The fraction of sp³-hybridized carbons (Fsp3) is 0.294. The van der Waals surface area contributed by atoms with E-state index < -0.39 is 0 Å². The van der Waals surface area contributed by atoms with Crippen molar-refractivity contribution in [3.05, 3.63) is 68.4 Å². The summed E-state index contributed by atoms with van der Waals surface area (Å²) >= 11 is 6.98. The Balaban J connectivity index is 2.26. The maximum absolute atomic E-state index is 13.6. The van der Waals surface area contributed by atoms with Gasteiger partial charge in [-0.25, -0.2) is 4.39 Å². The predicted octanol–water partition coefficient (Wildman–Crippen LogP) is 5.29. The Labute approximate surface area is 142 Å². The van der Waals surface area contributed by atoms with Gasteiger partial charge in [-0.1, -0.05) is 57.0 Å². The molecule has 0 saturated carbocycles. The number of hydrogen-bond donors (Lipinski definition) is 1. The fourth-order valence-corrected chi connectivity index (χ4v) is 3.55. The van der Waals surface area contributed by atoms with E-state index in [1.165, 1.54) is 11.6 Å². The van der Waals surface area contributed by atoms with E-state index in [0.717, 1.165) is 34.0 Å². The van der Waals surface area contributed by atoms with Crippen molar-refractivity contribution in [1.29, 1.82) is 0 Å². The molecular weight excluding hydrogens is 397 g/mol. The van der Waals surface area contributed by atoms with Crippen LogP contribution in [-0.2, 0) is 6.42 Å². The zero-order valence-electron chi connectivity index (χ0n) is 11.9. The molecule has 0 heterocycles. The predicted molar refractivity (Wildman–Crippen MR) is 93.2 cm³/mol. The zero-order chi connectivity index (χ0) is 15.2. The second kappa shape index (κ2) is 8.06. The molecule has 0 aliphatic heterocycles. The van der Waals surface area contributed by atoms with Crippen molar-refractivity contribution in [1.82, 2.24) is 5.32 Å². The van der Waals surface area contributed by atoms with Crippen LogP contribution >= 0.6 is 31.9 Å². The summed E-state index contributed by atoms with van der Waals surface area (Å²) in [5.74, 6) is 0.0999. The van der Waals surface area contributed by atoms with Gasteiger partial charge in [0.2, 0.25) is 0 Å². The Morgan fingerprint density at radius 2 is 1.90 bits per heavy atom. The molecule has 1 N–H and O–H groups in total. The van der Waals surface area contributed by atoms with Crippen LogP contribution in [0, 0.1) is 5.82 Å². The molecular formula is C17H18Br2FN. The lowest BCUT2D eigenvalue weighted by atomic mass is 9.92. The van der Waals surface area contributed by atoms with E-state index in [-0.39, 0.29) is 5.82 Å². The van der Waals surface area contributed by atoms with E-state index in [1.54, 1.807) is 6.07 Å². The van der Waals surface area contributed by atoms with Crippen molar-refractivity contribution in [3.8, 4) is 0 Å². The van der Waals surface area contributed by atoms with Gasteiger partial charge in [-0.3, -0.25) is 0 Å². The third-order valence-corrected chi connectivity index (χ3v) is 4.57. The number of likely N-dealkylation sites (N-methyl/N-ethyl adjacent to an activating group) is 1. The van der Waals surface area contributed by atoms with Gasteiger partial charge in [0.05, 0.1) is 0 Å². The van der Waals surface area contributed by atoms with Crippen LogP contribution in [0.3, 0.4) is 0 Å². The van der Waals surface area contributed by atoms with Gasteiger partial charge in [0, 0.05) is 21.4 Å². The molecule has 0 fully saturated rings. The molecule has 1 unspecified atom stereocenters. The largest absolute Gasteiger partial charge is 0.316 e. The summed E-state index contributed by atoms with van der Waals surface area (Å²) in [6.07, 6.45) is 0.798. The third-order valence-electron chi connectivity index (χ3n) is 3.39. The van der Waals surface area contributed by atoms with Gasteiger partial charge in [-0.15, -0.1) is 0 Å². The van der Waals surface area contributed by atoms with Crippen molar-refractivity contribution >= 4 is 31.9 Å². The maximum Gasteiger partial charge on any atom is 0.124 e. The Morgan fingerprint density at radius 3 is 2.57 bits per heavy atom. The number of hydrogen-bond acceptors (Lipinski definition) is 1. The van der Waals surface area contributed by atoms with Gasteiger partial charge in [-0.05, 0) is 48.4 Å². The molecule has 4 heteroatoms. The van der Waals surface area contributed by atoms with E-state index in [9.17, 15) is 4.39 Å². The molecule has 21 heavy (non-hydrogen) atoms. The Hall–Kier alpha value is -0.710. The highest BCUT2D eigenvalue weighted by Gasteiger charge is 2.15. The van der Waals surface area contributed by atoms with E-state index in [1.807, 2.05) is 18.2 Å². The molecule has 2 rings (SSSR count). The molecule has 112 valence electrons. The first-order valence-corrected chi connectivity index (χ1v) is 8.59. The van der Waals surface area contributed by atoms with Crippen molar-refractivity contribution in [3.63, 3.8) is 0 Å². The molecule has 0 saturated heterocycles. The molecule has 0 aliphatic carbocycles. The van der Waals surface area contributed by atoms with E-state index in [4.69, 9.17) is 0 Å². The van der Waals surface area contributed by atoms with Crippen LogP contribution in [0.25, 0.3) is 0 Å². The highest BCUT2D eigenvalue weighted by Crippen LogP contribution is 2.28. The van der Waals surface area contributed by atoms with Crippen LogP contribution in [0.1, 0.15) is 24.0 Å². The van der Waals surface area contributed by atoms with Gasteiger partial charge in [-0.2, -0.15) is 0 Å². The molecule has 0 amide bonds. The molecule has 1 atom stereocenters. The van der Waals surface area contributed by atoms with Crippen LogP contribution in [0.15, 0.2) is 51.4 Å². The van der Waals surface area contributed by atoms with Crippen LogP contribution in [0.2, 0.25) is 0 Å². The van der Waals surface area contributed by atoms with E-state index in [2.05, 4.69) is 56.2 Å². The highest BCUT2D eigenvalue weighted by atomic mass is 79.9. The number of nitrogens with one attached hydrogen (secondary N) is 1. The minimum atomic E-state index is -0.200. The zero-order valence-corrected chi connectivity index (χ0v) is 15.0. The topological polar surface area (TPSA) is 12.0 Å². The van der Waals surface area contributed by atoms with Crippen LogP contribution in [0.5, 0.6) is 0 Å². The molecule has 0 aliphatic rings. The standard InChI is InChI=1S/C17H18Br2FN/c1-2-21-11-13(16-5-3-4-6-17(16)19)7-12-8-14(18)10-15(20)9-12/h3-6,8-10,13,21H,2,7,11H2,1H3. The Bertz CT molecular complexity index is 581. The quantitative estimate of drug-likeness (QED) is 0.677. The average molecular weight is 415 g/mol. The number of halogens is 3. The normalized spacial score (nSPS) is 12.4. The van der Waals surface area contributed by atoms with Crippen molar-refractivity contribution < 1.29 is 4.39 Å². The summed E-state index contributed by atoms with van der Waals surface area (Å²) in [6.45, 7) is 3.89. The summed E-state index contributed by atoms with van der Waals surface area (Å²) < 4.78 is 15.4. The molecule has 2 aromatic carbocycles. The molecule has 2 aromatic rings. The van der Waals surface area contributed by atoms with Crippen molar-refractivity contribution in [2.45, 2.75) is 19.3 Å². The average Bonchev–Trinajstić information content (AvgIpc) is 2.43. The third kappa shape index (κ3) is 4.90. The lowest BCUT2D eigenvalue weighted by molar-refractivity contribution is 0.586. The summed E-state index contributed by atoms with van der Waals surface area (Å²) in [7, 11) is 0. The number of rotatable bonds is 6. The minimum Gasteiger partial charge on any atom is -0.316 e.